The lowest BCUT2D eigenvalue weighted by Crippen LogP contribution is -2.40. The molecule has 1 aliphatic carbocycles. The van der Waals surface area contributed by atoms with Gasteiger partial charge in [0.2, 0.25) is 0 Å². The lowest BCUT2D eigenvalue weighted by molar-refractivity contribution is 0.231. The Balaban J connectivity index is 1.49. The summed E-state index contributed by atoms with van der Waals surface area (Å²) in [4.78, 5) is 11.9. The maximum atomic E-state index is 12.9. The van der Waals surface area contributed by atoms with Crippen LogP contribution in [0.5, 0.6) is 0 Å². The molecule has 3 N–H and O–H groups in total. The average Bonchev–Trinajstić information content (AvgIpc) is 3.23. The molecule has 0 saturated carbocycles. The largest absolute Gasteiger partial charge is 0.396 e. The van der Waals surface area contributed by atoms with Crippen molar-refractivity contribution in [3.63, 3.8) is 0 Å². The number of amides is 2. The van der Waals surface area contributed by atoms with E-state index in [0.29, 0.717) is 18.7 Å². The van der Waals surface area contributed by atoms with Crippen LogP contribution in [0.4, 0.5) is 9.18 Å². The first kappa shape index (κ1) is 16.2. The minimum absolute atomic E-state index is 0.0566. The number of nitrogens with zero attached hydrogens (tertiary/aromatic N) is 2. The molecule has 1 aromatic carbocycles. The molecule has 2 atom stereocenters. The van der Waals surface area contributed by atoms with Crippen molar-refractivity contribution in [2.45, 2.75) is 19.0 Å². The van der Waals surface area contributed by atoms with E-state index in [0.717, 1.165) is 5.69 Å². The third kappa shape index (κ3) is 3.99. The second kappa shape index (κ2) is 7.27. The number of benzene rings is 1. The first-order chi connectivity index (χ1) is 11.6. The summed E-state index contributed by atoms with van der Waals surface area (Å²) in [5.41, 5.74) is 1.45. The van der Waals surface area contributed by atoms with Gasteiger partial charge in [-0.1, -0.05) is 12.2 Å². The summed E-state index contributed by atoms with van der Waals surface area (Å²) in [7, 11) is 0. The molecule has 6 nitrogen and oxygen atoms in total. The fraction of sp³-hybridized carbons (Fsp3) is 0.294. The highest BCUT2D eigenvalue weighted by Crippen LogP contribution is 2.16. The van der Waals surface area contributed by atoms with Crippen molar-refractivity contribution in [1.82, 2.24) is 20.4 Å². The number of aliphatic hydroxyl groups is 1. The Morgan fingerprint density at radius 1 is 1.29 bits per heavy atom. The van der Waals surface area contributed by atoms with Gasteiger partial charge in [-0.15, -0.1) is 0 Å². The van der Waals surface area contributed by atoms with E-state index >= 15 is 0 Å². The van der Waals surface area contributed by atoms with Crippen LogP contribution in [-0.2, 0) is 6.54 Å². The third-order valence-corrected chi connectivity index (χ3v) is 3.89. The fourth-order valence-corrected chi connectivity index (χ4v) is 2.60. The van der Waals surface area contributed by atoms with Crippen LogP contribution >= 0.6 is 0 Å². The van der Waals surface area contributed by atoms with E-state index in [1.807, 2.05) is 12.2 Å². The minimum Gasteiger partial charge on any atom is -0.396 e. The second-order valence-electron chi connectivity index (χ2n) is 5.72. The number of aromatic nitrogens is 2. The Hall–Kier alpha value is -2.67. The Labute approximate surface area is 139 Å². The summed E-state index contributed by atoms with van der Waals surface area (Å²) in [6, 6.07) is 7.47. The second-order valence-corrected chi connectivity index (χ2v) is 5.72. The maximum absolute atomic E-state index is 12.9. The number of halogens is 1. The molecule has 3 rings (SSSR count). The van der Waals surface area contributed by atoms with E-state index in [9.17, 15) is 9.18 Å². The number of carbonyl (C=O) groups is 1. The SMILES string of the molecule is O=C(NCc1ccn(-c2ccc(F)cc2)n1)N[C@@H]1C=C[C@H](CO)C1. The number of urea groups is 1. The van der Waals surface area contributed by atoms with Gasteiger partial charge in [0.05, 0.1) is 17.9 Å². The number of rotatable bonds is 5. The van der Waals surface area contributed by atoms with E-state index in [2.05, 4.69) is 15.7 Å². The molecule has 1 aromatic heterocycles. The molecule has 0 aliphatic heterocycles. The van der Waals surface area contributed by atoms with Crippen molar-refractivity contribution in [1.29, 1.82) is 0 Å². The molecule has 7 heteroatoms. The minimum atomic E-state index is -0.297. The molecular formula is C17H19FN4O2. The van der Waals surface area contributed by atoms with E-state index in [1.165, 1.54) is 12.1 Å². The third-order valence-electron chi connectivity index (χ3n) is 3.89. The molecule has 1 heterocycles. The Morgan fingerprint density at radius 3 is 2.79 bits per heavy atom. The van der Waals surface area contributed by atoms with Gasteiger partial charge in [-0.25, -0.2) is 13.9 Å². The number of aliphatic hydroxyl groups excluding tert-OH is 1. The molecule has 0 saturated heterocycles. The van der Waals surface area contributed by atoms with Crippen molar-refractivity contribution in [3.05, 3.63) is 60.2 Å². The van der Waals surface area contributed by atoms with Gasteiger partial charge in [0, 0.05) is 24.8 Å². The van der Waals surface area contributed by atoms with Crippen LogP contribution in [0.2, 0.25) is 0 Å². The highest BCUT2D eigenvalue weighted by Gasteiger charge is 2.19. The predicted octanol–water partition coefficient (Wildman–Crippen LogP) is 1.75. The van der Waals surface area contributed by atoms with Crippen molar-refractivity contribution >= 4 is 6.03 Å². The zero-order chi connectivity index (χ0) is 16.9. The molecule has 1 aliphatic rings. The fourth-order valence-electron chi connectivity index (χ4n) is 2.60. The van der Waals surface area contributed by atoms with Crippen LogP contribution in [0.1, 0.15) is 12.1 Å². The molecule has 0 fully saturated rings. The molecule has 0 radical (unpaired) electrons. The van der Waals surface area contributed by atoms with Crippen molar-refractivity contribution < 1.29 is 14.3 Å². The Kier molecular flexibility index (Phi) is 4.90. The van der Waals surface area contributed by atoms with Gasteiger partial charge >= 0.3 is 6.03 Å². The van der Waals surface area contributed by atoms with E-state index in [4.69, 9.17) is 5.11 Å². The van der Waals surface area contributed by atoms with Gasteiger partial charge in [-0.3, -0.25) is 0 Å². The molecule has 24 heavy (non-hydrogen) atoms. The quantitative estimate of drug-likeness (QED) is 0.731. The van der Waals surface area contributed by atoms with Crippen LogP contribution in [-0.4, -0.2) is 33.6 Å². The van der Waals surface area contributed by atoms with Crippen molar-refractivity contribution in [3.8, 4) is 5.69 Å². The first-order valence-electron chi connectivity index (χ1n) is 7.78. The van der Waals surface area contributed by atoms with Crippen LogP contribution < -0.4 is 10.6 Å². The van der Waals surface area contributed by atoms with Crippen LogP contribution in [0, 0.1) is 11.7 Å². The van der Waals surface area contributed by atoms with E-state index < -0.39 is 0 Å². The monoisotopic (exact) mass is 330 g/mol. The molecule has 2 amide bonds. The molecule has 126 valence electrons. The molecule has 0 unspecified atom stereocenters. The Bertz CT molecular complexity index is 726. The summed E-state index contributed by atoms with van der Waals surface area (Å²) in [6.45, 7) is 0.386. The van der Waals surface area contributed by atoms with E-state index in [-0.39, 0.29) is 30.4 Å². The maximum Gasteiger partial charge on any atom is 0.315 e. The lowest BCUT2D eigenvalue weighted by Gasteiger charge is -2.13. The van der Waals surface area contributed by atoms with Gasteiger partial charge in [-0.05, 0) is 36.8 Å². The smallest absolute Gasteiger partial charge is 0.315 e. The summed E-state index contributed by atoms with van der Waals surface area (Å²) in [5.74, 6) is -0.185. The van der Waals surface area contributed by atoms with Gasteiger partial charge in [-0.2, -0.15) is 5.10 Å². The summed E-state index contributed by atoms with van der Waals surface area (Å²) >= 11 is 0. The van der Waals surface area contributed by atoms with Gasteiger partial charge in [0.1, 0.15) is 5.82 Å². The summed E-state index contributed by atoms with van der Waals surface area (Å²) in [6.07, 6.45) is 6.27. The zero-order valence-electron chi connectivity index (χ0n) is 13.0. The van der Waals surface area contributed by atoms with Crippen LogP contribution in [0.3, 0.4) is 0 Å². The van der Waals surface area contributed by atoms with Gasteiger partial charge in [0.15, 0.2) is 0 Å². The lowest BCUT2D eigenvalue weighted by atomic mass is 10.1. The molecule has 0 spiro atoms. The average molecular weight is 330 g/mol. The Morgan fingerprint density at radius 2 is 2.08 bits per heavy atom. The highest BCUT2D eigenvalue weighted by molar-refractivity contribution is 5.74. The van der Waals surface area contributed by atoms with Crippen LogP contribution in [0.25, 0.3) is 5.69 Å². The molecule has 2 aromatic rings. The number of carbonyl (C=O) groups excluding carboxylic acids is 1. The van der Waals surface area contributed by atoms with Gasteiger partial charge in [0.25, 0.3) is 0 Å². The number of hydrogen-bond acceptors (Lipinski definition) is 3. The molecular weight excluding hydrogens is 311 g/mol. The highest BCUT2D eigenvalue weighted by atomic mass is 19.1. The van der Waals surface area contributed by atoms with Gasteiger partial charge < -0.3 is 15.7 Å². The standard InChI is InChI=1S/C17H19FN4O2/c18-13-2-5-16(6-3-13)22-8-7-15(21-22)10-19-17(24)20-14-4-1-12(9-14)11-23/h1-8,12,14,23H,9-11H2,(H2,19,20,24)/t12-,14+/m0/s1. The number of nitrogens with one attached hydrogen (secondary N) is 2. The van der Waals surface area contributed by atoms with E-state index in [1.54, 1.807) is 29.1 Å². The topological polar surface area (TPSA) is 79.2 Å². The first-order valence-corrected chi connectivity index (χ1v) is 7.78. The zero-order valence-corrected chi connectivity index (χ0v) is 13.0. The predicted molar refractivity (Wildman–Crippen MR) is 87.0 cm³/mol. The summed E-state index contributed by atoms with van der Waals surface area (Å²) < 4.78 is 14.6. The molecule has 0 bridgehead atoms. The normalized spacial score (nSPS) is 19.4. The van der Waals surface area contributed by atoms with Crippen LogP contribution in [0.15, 0.2) is 48.7 Å². The number of hydrogen-bond donors (Lipinski definition) is 3. The van der Waals surface area contributed by atoms with Crippen molar-refractivity contribution in [2.75, 3.05) is 6.61 Å². The van der Waals surface area contributed by atoms with Crippen molar-refractivity contribution in [2.24, 2.45) is 5.92 Å². The summed E-state index contributed by atoms with van der Waals surface area (Å²) in [5, 5.41) is 19.0.